The third-order valence-corrected chi connectivity index (χ3v) is 5.92. The first-order valence-electron chi connectivity index (χ1n) is 9.61. The molecule has 0 spiro atoms. The van der Waals surface area contributed by atoms with Crippen LogP contribution < -0.4 is 10.1 Å². The van der Waals surface area contributed by atoms with Crippen molar-refractivity contribution in [3.63, 3.8) is 0 Å². The number of nitrogens with one attached hydrogen (secondary N) is 1. The van der Waals surface area contributed by atoms with E-state index in [4.69, 9.17) is 21.4 Å². The molecule has 0 saturated carbocycles. The van der Waals surface area contributed by atoms with Gasteiger partial charge in [-0.2, -0.15) is 13.2 Å². The Morgan fingerprint density at radius 2 is 1.85 bits per heavy atom. The molecule has 0 aromatic heterocycles. The van der Waals surface area contributed by atoms with Crippen molar-refractivity contribution in [1.29, 1.82) is 0 Å². The first-order valence-corrected chi connectivity index (χ1v) is 11.0. The number of ether oxygens (including phenoxy) is 1. The number of carboxylic acid groups (broad SMARTS) is 1. The van der Waals surface area contributed by atoms with Gasteiger partial charge in [0.05, 0.1) is 23.4 Å². The molecule has 3 aromatic carbocycles. The Morgan fingerprint density at radius 1 is 1.12 bits per heavy atom. The van der Waals surface area contributed by atoms with Crippen LogP contribution in [0, 0.1) is 0 Å². The fourth-order valence-corrected chi connectivity index (χ4v) is 4.14. The average Bonchev–Trinajstić information content (AvgIpc) is 2.77. The van der Waals surface area contributed by atoms with Gasteiger partial charge in [0, 0.05) is 22.4 Å². The minimum absolute atomic E-state index is 0.0533. The third kappa shape index (κ3) is 6.69. The van der Waals surface area contributed by atoms with Gasteiger partial charge >= 0.3 is 12.1 Å². The van der Waals surface area contributed by atoms with Gasteiger partial charge in [0.1, 0.15) is 5.75 Å². The van der Waals surface area contributed by atoms with E-state index in [1.54, 1.807) is 23.9 Å². The minimum atomic E-state index is -4.63. The Kier molecular flexibility index (Phi) is 7.94. The summed E-state index contributed by atoms with van der Waals surface area (Å²) in [6.07, 6.45) is -2.23. The lowest BCUT2D eigenvalue weighted by Gasteiger charge is -2.17. The van der Waals surface area contributed by atoms with E-state index in [0.29, 0.717) is 11.3 Å². The van der Waals surface area contributed by atoms with Crippen LogP contribution in [0.3, 0.4) is 0 Å². The lowest BCUT2D eigenvalue weighted by molar-refractivity contribution is -0.137. The maximum Gasteiger partial charge on any atom is 0.417 e. The van der Waals surface area contributed by atoms with Crippen molar-refractivity contribution < 1.29 is 27.8 Å². The molecule has 172 valence electrons. The van der Waals surface area contributed by atoms with Crippen molar-refractivity contribution in [2.24, 2.45) is 0 Å². The summed E-state index contributed by atoms with van der Waals surface area (Å²) in [5.41, 5.74) is 1.35. The van der Waals surface area contributed by atoms with E-state index in [0.717, 1.165) is 34.4 Å². The number of hydrogen-bond acceptors (Lipinski definition) is 4. The van der Waals surface area contributed by atoms with E-state index in [1.165, 1.54) is 13.2 Å². The summed E-state index contributed by atoms with van der Waals surface area (Å²) in [6, 6.07) is 17.2. The SMILES string of the molecule is COc1cc(C(F)(F)F)c(Cl)cc1Nc1ccc(SCc2ccccc2)cc1/C=C/C(=O)O. The van der Waals surface area contributed by atoms with Crippen LogP contribution in [-0.2, 0) is 16.7 Å². The van der Waals surface area contributed by atoms with Crippen molar-refractivity contribution in [2.45, 2.75) is 16.8 Å². The van der Waals surface area contributed by atoms with Gasteiger partial charge in [0.2, 0.25) is 0 Å². The van der Waals surface area contributed by atoms with Gasteiger partial charge in [-0.05, 0) is 47.5 Å². The number of carbonyl (C=O) groups is 1. The molecule has 0 aliphatic carbocycles. The maximum atomic E-state index is 13.2. The van der Waals surface area contributed by atoms with Crippen LogP contribution in [0.1, 0.15) is 16.7 Å². The molecule has 0 unspecified atom stereocenters. The summed E-state index contributed by atoms with van der Waals surface area (Å²) in [4.78, 5) is 12.0. The third-order valence-electron chi connectivity index (χ3n) is 4.54. The largest absolute Gasteiger partial charge is 0.495 e. The summed E-state index contributed by atoms with van der Waals surface area (Å²) in [5, 5.41) is 11.6. The second-order valence-electron chi connectivity index (χ2n) is 6.85. The van der Waals surface area contributed by atoms with Crippen LogP contribution in [-0.4, -0.2) is 18.2 Å². The van der Waals surface area contributed by atoms with Crippen molar-refractivity contribution >= 4 is 46.8 Å². The smallest absolute Gasteiger partial charge is 0.417 e. The second kappa shape index (κ2) is 10.7. The highest BCUT2D eigenvalue weighted by Gasteiger charge is 2.34. The maximum absolute atomic E-state index is 13.2. The van der Waals surface area contributed by atoms with Crippen molar-refractivity contribution in [2.75, 3.05) is 12.4 Å². The van der Waals surface area contributed by atoms with Gasteiger partial charge in [-0.25, -0.2) is 4.79 Å². The molecule has 4 nitrogen and oxygen atoms in total. The van der Waals surface area contributed by atoms with Gasteiger partial charge in [-0.1, -0.05) is 41.9 Å². The Labute approximate surface area is 198 Å². The standard InChI is InChI=1S/C24H19ClF3NO3S/c1-32-22-12-18(24(26,27)28)19(25)13-21(22)29-20-9-8-17(11-16(20)7-10-23(30)31)33-14-15-5-3-2-4-6-15/h2-13,29H,14H2,1H3,(H,30,31)/b10-7+. The normalized spacial score (nSPS) is 11.5. The van der Waals surface area contributed by atoms with E-state index in [9.17, 15) is 18.0 Å². The monoisotopic (exact) mass is 493 g/mol. The number of benzene rings is 3. The van der Waals surface area contributed by atoms with E-state index < -0.39 is 22.7 Å². The molecule has 0 radical (unpaired) electrons. The second-order valence-corrected chi connectivity index (χ2v) is 8.31. The van der Waals surface area contributed by atoms with Crippen LogP contribution in [0.2, 0.25) is 5.02 Å². The van der Waals surface area contributed by atoms with Crippen LogP contribution in [0.5, 0.6) is 5.75 Å². The predicted octanol–water partition coefficient (Wildman–Crippen LogP) is 7.50. The average molecular weight is 494 g/mol. The molecule has 2 N–H and O–H groups in total. The van der Waals surface area contributed by atoms with Crippen molar-refractivity contribution in [3.05, 3.63) is 88.5 Å². The fraction of sp³-hybridized carbons (Fsp3) is 0.125. The van der Waals surface area contributed by atoms with Crippen LogP contribution in [0.25, 0.3) is 6.08 Å². The van der Waals surface area contributed by atoms with E-state index >= 15 is 0 Å². The van der Waals surface area contributed by atoms with Crippen LogP contribution in [0.4, 0.5) is 24.5 Å². The molecule has 3 rings (SSSR count). The molecule has 0 aliphatic rings. The first kappa shape index (κ1) is 24.5. The van der Waals surface area contributed by atoms with Gasteiger partial charge in [-0.3, -0.25) is 0 Å². The molecule has 0 bridgehead atoms. The molecule has 0 aliphatic heterocycles. The number of aliphatic carboxylic acids is 1. The van der Waals surface area contributed by atoms with Gasteiger partial charge < -0.3 is 15.2 Å². The minimum Gasteiger partial charge on any atom is -0.495 e. The summed E-state index contributed by atoms with van der Waals surface area (Å²) in [7, 11) is 1.25. The summed E-state index contributed by atoms with van der Waals surface area (Å²) >= 11 is 7.44. The Hall–Kier alpha value is -3.10. The lowest BCUT2D eigenvalue weighted by Crippen LogP contribution is -2.07. The zero-order valence-corrected chi connectivity index (χ0v) is 18.9. The Bertz CT molecular complexity index is 1170. The highest BCUT2D eigenvalue weighted by molar-refractivity contribution is 7.98. The van der Waals surface area contributed by atoms with Gasteiger partial charge in [-0.15, -0.1) is 11.8 Å². The van der Waals surface area contributed by atoms with E-state index in [1.807, 2.05) is 36.4 Å². The van der Waals surface area contributed by atoms with Crippen molar-refractivity contribution in [3.8, 4) is 5.75 Å². The predicted molar refractivity (Wildman–Crippen MR) is 125 cm³/mol. The van der Waals surface area contributed by atoms with E-state index in [2.05, 4.69) is 5.32 Å². The summed E-state index contributed by atoms with van der Waals surface area (Å²) in [6.45, 7) is 0. The summed E-state index contributed by atoms with van der Waals surface area (Å²) in [5.74, 6) is -0.459. The number of hydrogen-bond donors (Lipinski definition) is 2. The lowest BCUT2D eigenvalue weighted by atomic mass is 10.1. The summed E-state index contributed by atoms with van der Waals surface area (Å²) < 4.78 is 44.6. The fourth-order valence-electron chi connectivity index (χ4n) is 2.97. The quantitative estimate of drug-likeness (QED) is 0.251. The Balaban J connectivity index is 1.93. The number of methoxy groups -OCH3 is 1. The zero-order chi connectivity index (χ0) is 24.0. The molecule has 0 saturated heterocycles. The molecule has 9 heteroatoms. The highest BCUT2D eigenvalue weighted by atomic mass is 35.5. The molecule has 0 amide bonds. The number of thioether (sulfide) groups is 1. The van der Waals surface area contributed by atoms with E-state index in [-0.39, 0.29) is 11.4 Å². The highest BCUT2D eigenvalue weighted by Crippen LogP contribution is 2.41. The Morgan fingerprint density at radius 3 is 2.48 bits per heavy atom. The number of carboxylic acids is 1. The van der Waals surface area contributed by atoms with Crippen LogP contribution >= 0.6 is 23.4 Å². The number of alkyl halides is 3. The molecule has 0 atom stereocenters. The molecule has 0 heterocycles. The van der Waals surface area contributed by atoms with Gasteiger partial charge in [0.25, 0.3) is 0 Å². The van der Waals surface area contributed by atoms with Crippen LogP contribution in [0.15, 0.2) is 71.6 Å². The molecule has 33 heavy (non-hydrogen) atoms. The molecular formula is C24H19ClF3NO3S. The van der Waals surface area contributed by atoms with Crippen molar-refractivity contribution in [1.82, 2.24) is 0 Å². The first-order chi connectivity index (χ1) is 15.7. The molecular weight excluding hydrogens is 475 g/mol. The van der Waals surface area contributed by atoms with Gasteiger partial charge in [0.15, 0.2) is 0 Å². The molecule has 0 fully saturated rings. The topological polar surface area (TPSA) is 58.6 Å². The number of anilines is 2. The number of halogens is 4. The zero-order valence-electron chi connectivity index (χ0n) is 17.3. The number of rotatable bonds is 8. The molecule has 3 aromatic rings.